The van der Waals surface area contributed by atoms with E-state index in [9.17, 15) is 4.79 Å². The third-order valence-corrected chi connectivity index (χ3v) is 9.60. The first kappa shape index (κ1) is 30.1. The monoisotopic (exact) mass is 623 g/mol. The van der Waals surface area contributed by atoms with Gasteiger partial charge in [-0.2, -0.15) is 8.78 Å². The molecule has 3 aromatic carbocycles. The molecule has 1 aliphatic heterocycles. The van der Waals surface area contributed by atoms with Crippen LogP contribution >= 0.6 is 0 Å². The summed E-state index contributed by atoms with van der Waals surface area (Å²) >= 11 is 0. The van der Waals surface area contributed by atoms with Crippen molar-refractivity contribution in [2.45, 2.75) is 65.0 Å². The summed E-state index contributed by atoms with van der Waals surface area (Å²) in [6.45, 7) is 10.3. The van der Waals surface area contributed by atoms with E-state index in [-0.39, 0.29) is 29.2 Å². The fourth-order valence-electron chi connectivity index (χ4n) is 7.09. The number of nitrogens with zero attached hydrogens (tertiary/aromatic N) is 5. The average Bonchev–Trinajstić information content (AvgIpc) is 3.59. The number of halogens is 2. The van der Waals surface area contributed by atoms with Crippen molar-refractivity contribution in [3.05, 3.63) is 83.6 Å². The molecule has 2 atom stereocenters. The summed E-state index contributed by atoms with van der Waals surface area (Å²) in [6.07, 6.45) is 3.27. The van der Waals surface area contributed by atoms with Crippen molar-refractivity contribution in [1.29, 1.82) is 0 Å². The number of aromatic nitrogens is 4. The van der Waals surface area contributed by atoms with Crippen molar-refractivity contribution >= 4 is 17.1 Å². The predicted octanol–water partition coefficient (Wildman–Crippen LogP) is 8.78. The van der Waals surface area contributed by atoms with Crippen LogP contribution in [-0.4, -0.2) is 42.2 Å². The first-order chi connectivity index (χ1) is 21.7. The third-order valence-electron chi connectivity index (χ3n) is 9.60. The molecule has 7 nitrogen and oxygen atoms in total. The van der Waals surface area contributed by atoms with Crippen LogP contribution in [0.1, 0.15) is 69.4 Å². The maximum Gasteiger partial charge on any atom is 0.410 e. The van der Waals surface area contributed by atoms with Crippen molar-refractivity contribution < 1.29 is 18.3 Å². The van der Waals surface area contributed by atoms with Crippen LogP contribution < -0.4 is 0 Å². The van der Waals surface area contributed by atoms with Crippen LogP contribution in [0.5, 0.6) is 0 Å². The smallest absolute Gasteiger partial charge is 0.410 e. The number of aryl methyl sites for hydroxylation is 2. The molecule has 1 saturated heterocycles. The summed E-state index contributed by atoms with van der Waals surface area (Å²) in [5.41, 5.74) is 5.23. The molecule has 1 amide bonds. The Morgan fingerprint density at radius 1 is 0.935 bits per heavy atom. The zero-order chi connectivity index (χ0) is 32.7. The summed E-state index contributed by atoms with van der Waals surface area (Å²) in [5, 5.41) is 0. The van der Waals surface area contributed by atoms with Crippen molar-refractivity contribution in [1.82, 2.24) is 24.0 Å². The van der Waals surface area contributed by atoms with Crippen LogP contribution in [0.15, 0.2) is 60.8 Å². The highest BCUT2D eigenvalue weighted by atomic mass is 19.3. The Kier molecular flexibility index (Phi) is 6.88. The van der Waals surface area contributed by atoms with Gasteiger partial charge in [-0.1, -0.05) is 37.3 Å². The predicted molar refractivity (Wildman–Crippen MR) is 176 cm³/mol. The molecule has 7 rings (SSSR count). The molecular weight excluding hydrogens is 584 g/mol. The van der Waals surface area contributed by atoms with Gasteiger partial charge in [0.05, 0.1) is 29.0 Å². The highest BCUT2D eigenvalue weighted by molar-refractivity contribution is 5.87. The maximum absolute atomic E-state index is 16.1. The Labute approximate surface area is 267 Å². The highest BCUT2D eigenvalue weighted by Crippen LogP contribution is 2.53. The summed E-state index contributed by atoms with van der Waals surface area (Å²) in [4.78, 5) is 24.4. The lowest BCUT2D eigenvalue weighted by atomic mass is 9.90. The zero-order valence-electron chi connectivity index (χ0n) is 27.4. The van der Waals surface area contributed by atoms with Crippen LogP contribution in [0.2, 0.25) is 0 Å². The third kappa shape index (κ3) is 4.79. The van der Waals surface area contributed by atoms with Crippen LogP contribution in [0.4, 0.5) is 13.6 Å². The number of alkyl halides is 2. The summed E-state index contributed by atoms with van der Waals surface area (Å²) in [6, 6.07) is 16.2. The van der Waals surface area contributed by atoms with Gasteiger partial charge >= 0.3 is 6.09 Å². The molecule has 0 radical (unpaired) electrons. The summed E-state index contributed by atoms with van der Waals surface area (Å²) in [5.74, 6) is -1.34. The zero-order valence-corrected chi connectivity index (χ0v) is 27.4. The minimum Gasteiger partial charge on any atom is -0.444 e. The Morgan fingerprint density at radius 2 is 1.57 bits per heavy atom. The van der Waals surface area contributed by atoms with E-state index in [0.29, 0.717) is 28.8 Å². The lowest BCUT2D eigenvalue weighted by molar-refractivity contribution is -0.000674. The Balaban J connectivity index is 1.24. The SMILES string of the molecule is Cc1ncc(-c2ccc3c(c2)C(F)(F)c2cc(-c4ccc5nc([C@@H]6[C@H](C)CCCN6C(=O)OC(C)(C)C)n(C)c5c4)ccc2-3)n1C. The van der Waals surface area contributed by atoms with Crippen molar-refractivity contribution in [2.24, 2.45) is 20.0 Å². The molecule has 3 heterocycles. The number of ether oxygens (including phenoxy) is 1. The number of carbonyl (C=O) groups excluding carboxylic acids is 1. The van der Waals surface area contributed by atoms with E-state index in [2.05, 4.69) is 11.9 Å². The van der Waals surface area contributed by atoms with E-state index in [1.165, 1.54) is 0 Å². The van der Waals surface area contributed by atoms with Gasteiger partial charge in [0.15, 0.2) is 0 Å². The number of hydrogen-bond donors (Lipinski definition) is 0. The molecule has 46 heavy (non-hydrogen) atoms. The number of hydrogen-bond acceptors (Lipinski definition) is 4. The first-order valence-electron chi connectivity index (χ1n) is 15.9. The fourth-order valence-corrected chi connectivity index (χ4v) is 7.09. The standard InChI is InChI=1S/C37H39F2N5O2/c1-21-9-8-16-44(35(45)46-36(3,4)5)33(21)34-41-30-15-12-24(19-31(30)43(34)7)23-10-13-26-27-14-11-25(32-20-40-22(2)42(32)6)18-29(27)37(38,39)28(26)17-23/h10-15,17-21,33H,8-9,16H2,1-7H3/t21-,33+/m1/s1. The summed E-state index contributed by atoms with van der Waals surface area (Å²) in [7, 11) is 3.84. The van der Waals surface area contributed by atoms with E-state index in [1.54, 1.807) is 30.5 Å². The van der Waals surface area contributed by atoms with Crippen LogP contribution in [0, 0.1) is 12.8 Å². The number of rotatable bonds is 3. The summed E-state index contributed by atoms with van der Waals surface area (Å²) < 4.78 is 41.9. The van der Waals surface area contributed by atoms with Crippen molar-refractivity contribution in [2.75, 3.05) is 6.54 Å². The van der Waals surface area contributed by atoms with Crippen LogP contribution in [0.25, 0.3) is 44.5 Å². The second-order valence-corrected chi connectivity index (χ2v) is 13.8. The molecule has 1 aliphatic carbocycles. The number of amides is 1. The molecule has 9 heteroatoms. The second kappa shape index (κ2) is 10.5. The first-order valence-corrected chi connectivity index (χ1v) is 15.9. The van der Waals surface area contributed by atoms with Gasteiger partial charge in [0.1, 0.15) is 17.2 Å². The molecule has 0 saturated carbocycles. The van der Waals surface area contributed by atoms with Gasteiger partial charge in [0.25, 0.3) is 5.92 Å². The molecule has 0 unspecified atom stereocenters. The quantitative estimate of drug-likeness (QED) is 0.202. The second-order valence-electron chi connectivity index (χ2n) is 13.8. The number of piperidine rings is 1. The van der Waals surface area contributed by atoms with Gasteiger partial charge in [-0.25, -0.2) is 14.8 Å². The molecule has 238 valence electrons. The minimum absolute atomic E-state index is 0.00756. The maximum atomic E-state index is 16.1. The van der Waals surface area contributed by atoms with Crippen molar-refractivity contribution in [3.8, 4) is 33.5 Å². The molecule has 0 N–H and O–H groups in total. The lowest BCUT2D eigenvalue weighted by Gasteiger charge is -2.39. The topological polar surface area (TPSA) is 65.2 Å². The molecule has 0 bridgehead atoms. The van der Waals surface area contributed by atoms with E-state index in [1.807, 2.05) is 86.2 Å². The van der Waals surface area contributed by atoms with Gasteiger partial charge in [0.2, 0.25) is 0 Å². The van der Waals surface area contributed by atoms with Gasteiger partial charge in [0, 0.05) is 37.3 Å². The molecule has 0 spiro atoms. The number of carbonyl (C=O) groups is 1. The van der Waals surface area contributed by atoms with Crippen molar-refractivity contribution in [3.63, 3.8) is 0 Å². The molecular formula is C37H39F2N5O2. The van der Waals surface area contributed by atoms with Gasteiger partial charge in [-0.05, 0) is 93.0 Å². The normalized spacial score (nSPS) is 18.9. The van der Waals surface area contributed by atoms with Crippen LogP contribution in [-0.2, 0) is 24.8 Å². The van der Waals surface area contributed by atoms with E-state index < -0.39 is 11.5 Å². The fraction of sp³-hybridized carbons (Fsp3) is 0.378. The largest absolute Gasteiger partial charge is 0.444 e. The molecule has 2 aromatic heterocycles. The van der Waals surface area contributed by atoms with Gasteiger partial charge in [-0.3, -0.25) is 4.90 Å². The van der Waals surface area contributed by atoms with E-state index in [4.69, 9.17) is 9.72 Å². The molecule has 1 fully saturated rings. The number of imidazole rings is 2. The molecule has 2 aliphatic rings. The molecule has 5 aromatic rings. The Hall–Kier alpha value is -4.53. The number of fused-ring (bicyclic) bond motifs is 4. The van der Waals surface area contributed by atoms with Crippen LogP contribution in [0.3, 0.4) is 0 Å². The van der Waals surface area contributed by atoms with Gasteiger partial charge < -0.3 is 13.9 Å². The Morgan fingerprint density at radius 3 is 2.22 bits per heavy atom. The van der Waals surface area contributed by atoms with E-state index in [0.717, 1.165) is 46.8 Å². The van der Waals surface area contributed by atoms with Gasteiger partial charge in [-0.15, -0.1) is 0 Å². The lowest BCUT2D eigenvalue weighted by Crippen LogP contribution is -2.45. The number of likely N-dealkylation sites (tertiary alicyclic amines) is 1. The minimum atomic E-state index is -3.14. The van der Waals surface area contributed by atoms with E-state index >= 15 is 8.78 Å². The highest BCUT2D eigenvalue weighted by Gasteiger charge is 2.45. The average molecular weight is 624 g/mol. The number of benzene rings is 3. The Bertz CT molecular complexity index is 2020.